The van der Waals surface area contributed by atoms with Crippen molar-refractivity contribution in [1.82, 2.24) is 5.32 Å². The molecule has 16 atom stereocenters. The Morgan fingerprint density at radius 1 is 0.909 bits per heavy atom. The summed E-state index contributed by atoms with van der Waals surface area (Å²) in [5, 5.41) is 87.4. The maximum Gasteiger partial charge on any atom is 0.474 e. The molecule has 0 aliphatic carbocycles. The van der Waals surface area contributed by atoms with Crippen LogP contribution in [-0.4, -0.2) is 194 Å². The number of hydrogen-bond donors (Lipinski definition) is 12. The van der Waals surface area contributed by atoms with Gasteiger partial charge < -0.3 is 95.7 Å². The third kappa shape index (κ3) is 20.9. The van der Waals surface area contributed by atoms with Crippen LogP contribution in [0.3, 0.4) is 0 Å². The fourth-order valence-electron chi connectivity index (χ4n) is 8.31. The molecule has 26 nitrogen and oxygen atoms in total. The first-order chi connectivity index (χ1) is 35.7. The highest BCUT2D eigenvalue weighted by molar-refractivity contribution is 7.47. The van der Waals surface area contributed by atoms with Gasteiger partial charge in [0.1, 0.15) is 54.9 Å². The molecule has 0 aromatic carbocycles. The molecular formula is C50H82N3O23P. The van der Waals surface area contributed by atoms with E-state index in [0.29, 0.717) is 12.8 Å². The predicted molar refractivity (Wildman–Crippen MR) is 271 cm³/mol. The summed E-state index contributed by atoms with van der Waals surface area (Å²) in [4.78, 5) is 60.6. The Hall–Kier alpha value is -4.03. The van der Waals surface area contributed by atoms with E-state index in [1.807, 2.05) is 6.92 Å². The van der Waals surface area contributed by atoms with Gasteiger partial charge in [0.2, 0.25) is 17.6 Å². The molecule has 3 fully saturated rings. The molecule has 3 amide bonds. The number of carbonyl (C=O) groups is 4. The smallest absolute Gasteiger partial charge is 0.474 e. The van der Waals surface area contributed by atoms with E-state index in [-0.39, 0.29) is 12.0 Å². The monoisotopic (exact) mass is 1120 g/mol. The summed E-state index contributed by atoms with van der Waals surface area (Å²) in [7, 11) is -5.64. The predicted octanol–water partition coefficient (Wildman–Crippen LogP) is 0.898. The number of carboxylic acid groups (broad SMARTS) is 1. The topological polar surface area (TPSA) is 415 Å². The molecule has 440 valence electrons. The Labute approximate surface area is 448 Å². The first kappa shape index (κ1) is 67.2. The van der Waals surface area contributed by atoms with Crippen LogP contribution < -0.4 is 16.8 Å². The molecule has 0 spiro atoms. The summed E-state index contributed by atoms with van der Waals surface area (Å²) < 4.78 is 62.2. The Morgan fingerprint density at radius 3 is 2.16 bits per heavy atom. The minimum atomic E-state index is -5.64. The lowest BCUT2D eigenvalue weighted by atomic mass is 9.85. The zero-order chi connectivity index (χ0) is 58.2. The Kier molecular flexibility index (Phi) is 26.2. The van der Waals surface area contributed by atoms with Crippen LogP contribution in [0.2, 0.25) is 0 Å². The highest BCUT2D eigenvalue weighted by atomic mass is 31.2. The van der Waals surface area contributed by atoms with Gasteiger partial charge in [0.25, 0.3) is 0 Å². The SMILES string of the molecule is C=C(CC=C(C)CCC=C(C)C)CCC(C)(C)C=CCCC(C)=CCOC(COP(=O)(O)OC1OC(C(N)=O)C(C)(O)C(OC(N)=O)C1OC1OC(COC2(O)COC(CO)C(O)C2O)C(O)C(O)C1NC(C)=O)C(=O)O. The number of nitrogens with one attached hydrogen (secondary N) is 1. The minimum absolute atomic E-state index is 0.0900. The zero-order valence-electron chi connectivity index (χ0n) is 44.9. The number of aliphatic hydroxyl groups is 7. The molecule has 0 bridgehead atoms. The molecule has 3 aliphatic heterocycles. The fraction of sp³-hybridized carbons (Fsp3) is 0.720. The van der Waals surface area contributed by atoms with E-state index in [4.69, 9.17) is 53.7 Å². The summed E-state index contributed by atoms with van der Waals surface area (Å²) in [5.74, 6) is -6.66. The number of phosphoric acid groups is 1. The quantitative estimate of drug-likeness (QED) is 0.0270. The number of amides is 3. The highest BCUT2D eigenvalue weighted by Gasteiger charge is 2.61. The summed E-state index contributed by atoms with van der Waals surface area (Å²) in [6.45, 7) is 14.6. The van der Waals surface area contributed by atoms with Gasteiger partial charge in [0.15, 0.2) is 37.0 Å². The van der Waals surface area contributed by atoms with Crippen molar-refractivity contribution in [2.24, 2.45) is 16.9 Å². The van der Waals surface area contributed by atoms with E-state index in [1.165, 1.54) is 11.1 Å². The number of rotatable bonds is 30. The van der Waals surface area contributed by atoms with E-state index in [9.17, 15) is 69.5 Å². The van der Waals surface area contributed by atoms with Crippen molar-refractivity contribution in [3.05, 3.63) is 59.3 Å². The Bertz CT molecular complexity index is 2170. The van der Waals surface area contributed by atoms with Crippen molar-refractivity contribution >= 4 is 31.7 Å². The van der Waals surface area contributed by atoms with Crippen LogP contribution in [0.25, 0.3) is 0 Å². The molecule has 3 aliphatic rings. The maximum atomic E-state index is 13.6. The number of primary amides is 2. The second kappa shape index (κ2) is 30.0. The maximum absolute atomic E-state index is 13.6. The average molecular weight is 1120 g/mol. The molecule has 14 N–H and O–H groups in total. The highest BCUT2D eigenvalue weighted by Crippen LogP contribution is 2.49. The van der Waals surface area contributed by atoms with Crippen molar-refractivity contribution in [3.63, 3.8) is 0 Å². The van der Waals surface area contributed by atoms with E-state index in [1.54, 1.807) is 6.08 Å². The van der Waals surface area contributed by atoms with Gasteiger partial charge in [-0.2, -0.15) is 0 Å². The van der Waals surface area contributed by atoms with Gasteiger partial charge in [-0.25, -0.2) is 14.2 Å². The van der Waals surface area contributed by atoms with Gasteiger partial charge in [0.05, 0.1) is 26.4 Å². The number of hydrogen-bond acceptors (Lipinski definition) is 21. The van der Waals surface area contributed by atoms with Crippen LogP contribution in [0.5, 0.6) is 0 Å². The number of allylic oxidation sites excluding steroid dienone is 8. The second-order valence-corrected chi connectivity index (χ2v) is 22.1. The minimum Gasteiger partial charge on any atom is -0.479 e. The van der Waals surface area contributed by atoms with Gasteiger partial charge in [0, 0.05) is 6.92 Å². The standard InChI is InChI=1S/C50H82N3O23P/c1-27(2)13-12-15-28(3)16-17-30(5)18-21-48(7,8)20-11-10-14-29(4)19-22-68-34(44(61)62)25-71-77(66,67)76-46-39(41(75-47(52)63)49(9,64)42(74-46)43(51)60)73-45-35(53-31(6)55)38(58)36(56)33(72-45)24-70-50(65)26-69-32(23-54)37(57)40(50)59/h11,13,16,19-20,32-42,45-46,54,56-59,64-65H,5,10,12,14-15,17-18,21-26H2,1-4,6-9H3,(H2,51,60)(H2,52,63)(H,53,55)(H,61,62)(H,66,67). The molecule has 3 rings (SSSR count). The number of carboxylic acids is 1. The largest absolute Gasteiger partial charge is 0.479 e. The first-order valence-electron chi connectivity index (χ1n) is 25.1. The molecule has 77 heavy (non-hydrogen) atoms. The summed E-state index contributed by atoms with van der Waals surface area (Å²) in [6, 6.07) is -1.83. The third-order valence-electron chi connectivity index (χ3n) is 13.0. The summed E-state index contributed by atoms with van der Waals surface area (Å²) in [6.07, 6.45) is -10.1. The van der Waals surface area contributed by atoms with E-state index in [0.717, 1.165) is 57.1 Å². The van der Waals surface area contributed by atoms with Crippen molar-refractivity contribution in [2.45, 2.75) is 191 Å². The van der Waals surface area contributed by atoms with Gasteiger partial charge in [-0.1, -0.05) is 73.1 Å². The number of aliphatic carboxylic acids is 1. The molecule has 16 unspecified atom stereocenters. The van der Waals surface area contributed by atoms with Crippen molar-refractivity contribution in [3.8, 4) is 0 Å². The van der Waals surface area contributed by atoms with Gasteiger partial charge >= 0.3 is 19.9 Å². The van der Waals surface area contributed by atoms with E-state index in [2.05, 4.69) is 70.8 Å². The lowest BCUT2D eigenvalue weighted by molar-refractivity contribution is -0.367. The molecule has 0 aromatic rings. The molecule has 3 saturated heterocycles. The van der Waals surface area contributed by atoms with Crippen molar-refractivity contribution in [1.29, 1.82) is 0 Å². The van der Waals surface area contributed by atoms with Crippen LogP contribution in [0, 0.1) is 5.41 Å². The van der Waals surface area contributed by atoms with Crippen LogP contribution in [0.15, 0.2) is 59.3 Å². The van der Waals surface area contributed by atoms with Gasteiger partial charge in [-0.15, -0.1) is 0 Å². The number of nitrogens with two attached hydrogens (primary N) is 2. The lowest BCUT2D eigenvalue weighted by Gasteiger charge is -2.50. The third-order valence-corrected chi connectivity index (χ3v) is 14.0. The van der Waals surface area contributed by atoms with Crippen LogP contribution in [0.4, 0.5) is 4.79 Å². The second-order valence-electron chi connectivity index (χ2n) is 20.7. The number of aliphatic hydroxyl groups excluding tert-OH is 5. The molecule has 27 heteroatoms. The normalized spacial score (nSPS) is 32.5. The zero-order valence-corrected chi connectivity index (χ0v) is 45.8. The van der Waals surface area contributed by atoms with Crippen LogP contribution in [-0.2, 0) is 61.2 Å². The summed E-state index contributed by atoms with van der Waals surface area (Å²) in [5.41, 5.74) is 12.6. The number of ether oxygens (including phenoxy) is 7. The Balaban J connectivity index is 1.75. The number of phosphoric ester groups is 1. The average Bonchev–Trinajstić information content (AvgIpc) is 3.32. The van der Waals surface area contributed by atoms with E-state index < -0.39 is 149 Å². The molecule has 0 saturated carbocycles. The fourth-order valence-corrected chi connectivity index (χ4v) is 9.13. The van der Waals surface area contributed by atoms with Crippen LogP contribution in [0.1, 0.15) is 100 Å². The van der Waals surface area contributed by atoms with E-state index >= 15 is 0 Å². The van der Waals surface area contributed by atoms with Gasteiger partial charge in [-0.3, -0.25) is 18.6 Å². The molecule has 3 heterocycles. The Morgan fingerprint density at radius 2 is 1.56 bits per heavy atom. The van der Waals surface area contributed by atoms with Gasteiger partial charge in [-0.05, 0) is 85.0 Å². The summed E-state index contributed by atoms with van der Waals surface area (Å²) >= 11 is 0. The van der Waals surface area contributed by atoms with Crippen molar-refractivity contribution < 1.29 is 112 Å². The number of carbonyl (C=O) groups excluding carboxylic acids is 3. The lowest BCUT2D eigenvalue weighted by Crippen LogP contribution is -2.72. The molecule has 0 radical (unpaired) electrons. The van der Waals surface area contributed by atoms with Crippen LogP contribution >= 0.6 is 7.82 Å². The first-order valence-corrected chi connectivity index (χ1v) is 26.5. The molecule has 0 aromatic heterocycles. The van der Waals surface area contributed by atoms with Crippen molar-refractivity contribution in [2.75, 3.05) is 33.0 Å². The molecular weight excluding hydrogens is 1040 g/mol.